The highest BCUT2D eigenvalue weighted by Gasteiger charge is 2.06. The minimum Gasteiger partial charge on any atom is -0.490 e. The molecule has 8 heteroatoms. The van der Waals surface area contributed by atoms with Gasteiger partial charge in [-0.1, -0.05) is 12.1 Å². The summed E-state index contributed by atoms with van der Waals surface area (Å²) in [6.45, 7) is 2.94. The third-order valence-electron chi connectivity index (χ3n) is 3.35. The maximum absolute atomic E-state index is 11.5. The summed E-state index contributed by atoms with van der Waals surface area (Å²) in [5.41, 5.74) is 0.000318. The summed E-state index contributed by atoms with van der Waals surface area (Å²) in [5, 5.41) is 0.722. The van der Waals surface area contributed by atoms with Gasteiger partial charge in [0.2, 0.25) is 0 Å². The molecule has 0 fully saturated rings. The zero-order chi connectivity index (χ0) is 19.5. The van der Waals surface area contributed by atoms with E-state index >= 15 is 0 Å². The Kier molecular flexibility index (Phi) is 8.47. The van der Waals surface area contributed by atoms with E-state index in [9.17, 15) is 14.4 Å². The number of esters is 1. The van der Waals surface area contributed by atoms with E-state index in [0.717, 1.165) is 5.39 Å². The molecule has 146 valence electrons. The largest absolute Gasteiger partial charge is 0.490 e. The Bertz CT molecular complexity index is 811. The number of ether oxygens (including phenoxy) is 4. The second-order valence-electron chi connectivity index (χ2n) is 5.60. The number of hydrogen-bond donors (Lipinski definition) is 0. The van der Waals surface area contributed by atoms with E-state index < -0.39 is 11.6 Å². The van der Waals surface area contributed by atoms with Crippen LogP contribution in [-0.2, 0) is 23.8 Å². The molecule has 0 spiro atoms. The number of fused-ring (bicyclic) bond motifs is 1. The summed E-state index contributed by atoms with van der Waals surface area (Å²) in [4.78, 5) is 33.3. The molecule has 0 aliphatic carbocycles. The van der Waals surface area contributed by atoms with Gasteiger partial charge in [-0.2, -0.15) is 0 Å². The molecule has 0 N–H and O–H groups in total. The summed E-state index contributed by atoms with van der Waals surface area (Å²) >= 11 is 0. The van der Waals surface area contributed by atoms with Gasteiger partial charge in [-0.3, -0.25) is 9.59 Å². The molecule has 27 heavy (non-hydrogen) atoms. The van der Waals surface area contributed by atoms with Crippen LogP contribution >= 0.6 is 0 Å². The van der Waals surface area contributed by atoms with Crippen molar-refractivity contribution in [3.05, 3.63) is 40.8 Å². The van der Waals surface area contributed by atoms with E-state index in [2.05, 4.69) is 0 Å². The molecule has 0 atom stereocenters. The van der Waals surface area contributed by atoms with Gasteiger partial charge < -0.3 is 23.4 Å². The third kappa shape index (κ3) is 7.59. The van der Waals surface area contributed by atoms with E-state index in [-0.39, 0.29) is 32.0 Å². The Morgan fingerprint density at radius 2 is 1.63 bits per heavy atom. The van der Waals surface area contributed by atoms with Crippen molar-refractivity contribution in [1.82, 2.24) is 0 Å². The first-order valence-corrected chi connectivity index (χ1v) is 8.52. The summed E-state index contributed by atoms with van der Waals surface area (Å²) < 4.78 is 26.1. The Labute approximate surface area is 156 Å². The fourth-order valence-corrected chi connectivity index (χ4v) is 2.20. The molecule has 1 aromatic heterocycles. The molecule has 2 rings (SSSR count). The van der Waals surface area contributed by atoms with Gasteiger partial charge in [0.15, 0.2) is 0 Å². The second-order valence-corrected chi connectivity index (χ2v) is 5.60. The lowest BCUT2D eigenvalue weighted by Crippen LogP contribution is -2.15. The zero-order valence-electron chi connectivity index (χ0n) is 15.1. The molecule has 0 unspecified atom stereocenters. The summed E-state index contributed by atoms with van der Waals surface area (Å²) in [6, 6.07) is 8.43. The monoisotopic (exact) mass is 378 g/mol. The molecule has 1 heterocycles. The van der Waals surface area contributed by atoms with Gasteiger partial charge in [0, 0.05) is 0 Å². The second kappa shape index (κ2) is 11.1. The highest BCUT2D eigenvalue weighted by Crippen LogP contribution is 2.22. The van der Waals surface area contributed by atoms with Crippen molar-refractivity contribution in [2.24, 2.45) is 0 Å². The Balaban J connectivity index is 1.55. The lowest BCUT2D eigenvalue weighted by atomic mass is 10.2. The quantitative estimate of drug-likeness (QED) is 0.238. The van der Waals surface area contributed by atoms with Crippen LogP contribution in [0.2, 0.25) is 0 Å². The van der Waals surface area contributed by atoms with Crippen LogP contribution in [-0.4, -0.2) is 51.4 Å². The molecule has 0 amide bonds. The fourth-order valence-electron chi connectivity index (χ4n) is 2.20. The van der Waals surface area contributed by atoms with Crippen LogP contribution in [0.3, 0.4) is 0 Å². The molecular formula is C19H22O8. The minimum absolute atomic E-state index is 0.0961. The lowest BCUT2D eigenvalue weighted by Gasteiger charge is -2.09. The van der Waals surface area contributed by atoms with Crippen molar-refractivity contribution in [1.29, 1.82) is 0 Å². The number of carbonyl (C=O) groups is 2. The molecule has 0 aliphatic rings. The van der Waals surface area contributed by atoms with Crippen molar-refractivity contribution in [3.8, 4) is 5.75 Å². The minimum atomic E-state index is -0.554. The molecule has 0 aliphatic heterocycles. The van der Waals surface area contributed by atoms with Gasteiger partial charge in [-0.15, -0.1) is 0 Å². The van der Waals surface area contributed by atoms with Crippen molar-refractivity contribution in [2.45, 2.75) is 13.3 Å². The molecule has 0 bridgehead atoms. The topological polar surface area (TPSA) is 101 Å². The molecular weight excluding hydrogens is 356 g/mol. The van der Waals surface area contributed by atoms with Crippen LogP contribution in [0.1, 0.15) is 13.3 Å². The zero-order valence-corrected chi connectivity index (χ0v) is 15.1. The summed E-state index contributed by atoms with van der Waals surface area (Å²) in [5.74, 6) is -0.336. The standard InChI is InChI=1S/C19H22O8/c1-14(20)12-18(21)26-11-9-24-7-6-23-8-10-25-17-13-19(22)27-16-5-3-2-4-15(16)17/h2-5,13H,6-12H2,1H3. The molecule has 2 aromatic rings. The smallest absolute Gasteiger partial charge is 0.339 e. The van der Waals surface area contributed by atoms with Gasteiger partial charge in [0.1, 0.15) is 36.8 Å². The highest BCUT2D eigenvalue weighted by molar-refractivity contribution is 5.94. The Hall–Kier alpha value is -2.71. The van der Waals surface area contributed by atoms with Gasteiger partial charge in [-0.25, -0.2) is 4.79 Å². The van der Waals surface area contributed by atoms with E-state index in [1.807, 2.05) is 12.1 Å². The molecule has 0 saturated carbocycles. The van der Waals surface area contributed by atoms with Crippen LogP contribution < -0.4 is 10.4 Å². The van der Waals surface area contributed by atoms with E-state index in [1.54, 1.807) is 12.1 Å². The molecule has 1 aromatic carbocycles. The highest BCUT2D eigenvalue weighted by atomic mass is 16.6. The van der Waals surface area contributed by atoms with Crippen LogP contribution in [0.4, 0.5) is 0 Å². The SMILES string of the molecule is CC(=O)CC(=O)OCCOCCOCCOc1cc(=O)oc2ccccc12. The van der Waals surface area contributed by atoms with Gasteiger partial charge in [0.25, 0.3) is 0 Å². The van der Waals surface area contributed by atoms with Crippen molar-refractivity contribution in [3.63, 3.8) is 0 Å². The number of benzene rings is 1. The number of para-hydroxylation sites is 1. The van der Waals surface area contributed by atoms with Crippen molar-refractivity contribution >= 4 is 22.7 Å². The predicted octanol–water partition coefficient (Wildman–Crippen LogP) is 1.73. The number of Topliss-reactive ketones (excluding diaryl/α,β-unsaturated/α-hetero) is 1. The number of ketones is 1. The molecule has 8 nitrogen and oxygen atoms in total. The fraction of sp³-hybridized carbons (Fsp3) is 0.421. The first kappa shape index (κ1) is 20.6. The number of rotatable bonds is 12. The maximum atomic E-state index is 11.5. The van der Waals surface area contributed by atoms with Crippen LogP contribution in [0.5, 0.6) is 5.75 Å². The molecule has 0 radical (unpaired) electrons. The number of hydrogen-bond acceptors (Lipinski definition) is 8. The number of carbonyl (C=O) groups excluding carboxylic acids is 2. The van der Waals surface area contributed by atoms with E-state index in [0.29, 0.717) is 31.2 Å². The first-order valence-electron chi connectivity index (χ1n) is 8.52. The van der Waals surface area contributed by atoms with Crippen LogP contribution in [0.25, 0.3) is 11.0 Å². The summed E-state index contributed by atoms with van der Waals surface area (Å²) in [6.07, 6.45) is -0.220. The van der Waals surface area contributed by atoms with Gasteiger partial charge in [0.05, 0.1) is 37.9 Å². The lowest BCUT2D eigenvalue weighted by molar-refractivity contribution is -0.147. The van der Waals surface area contributed by atoms with Gasteiger partial charge >= 0.3 is 11.6 Å². The third-order valence-corrected chi connectivity index (χ3v) is 3.35. The Morgan fingerprint density at radius 1 is 0.963 bits per heavy atom. The Morgan fingerprint density at radius 3 is 2.37 bits per heavy atom. The predicted molar refractivity (Wildman–Crippen MR) is 95.9 cm³/mol. The first-order chi connectivity index (χ1) is 13.1. The van der Waals surface area contributed by atoms with Gasteiger partial charge in [-0.05, 0) is 19.1 Å². The molecule has 0 saturated heterocycles. The normalized spacial score (nSPS) is 10.7. The van der Waals surface area contributed by atoms with Crippen molar-refractivity contribution in [2.75, 3.05) is 39.6 Å². The van der Waals surface area contributed by atoms with Crippen molar-refractivity contribution < 1.29 is 33.0 Å². The van der Waals surface area contributed by atoms with E-state index in [1.165, 1.54) is 13.0 Å². The maximum Gasteiger partial charge on any atom is 0.339 e. The summed E-state index contributed by atoms with van der Waals surface area (Å²) in [7, 11) is 0. The average molecular weight is 378 g/mol. The van der Waals surface area contributed by atoms with E-state index in [4.69, 9.17) is 23.4 Å². The van der Waals surface area contributed by atoms with Crippen LogP contribution in [0, 0.1) is 0 Å². The van der Waals surface area contributed by atoms with Crippen LogP contribution in [0.15, 0.2) is 39.5 Å². The average Bonchev–Trinajstić information content (AvgIpc) is 2.62.